The van der Waals surface area contributed by atoms with E-state index >= 15 is 0 Å². The molecule has 2 amide bonds. The maximum absolute atomic E-state index is 11.6. The third kappa shape index (κ3) is 1.10. The van der Waals surface area contributed by atoms with Crippen molar-refractivity contribution in [2.24, 2.45) is 0 Å². The van der Waals surface area contributed by atoms with E-state index < -0.39 is 0 Å². The summed E-state index contributed by atoms with van der Waals surface area (Å²) in [6.45, 7) is 0. The molecule has 1 aliphatic heterocycles. The van der Waals surface area contributed by atoms with E-state index in [-0.39, 0.29) is 11.8 Å². The summed E-state index contributed by atoms with van der Waals surface area (Å²) >= 11 is 4.32. The monoisotopic (exact) mass is 229 g/mol. The first-order valence-electron chi connectivity index (χ1n) is 4.79. The van der Waals surface area contributed by atoms with Crippen LogP contribution >= 0.6 is 12.6 Å². The molecule has 2 aromatic carbocycles. The number of imide groups is 1. The van der Waals surface area contributed by atoms with E-state index in [0.29, 0.717) is 16.5 Å². The largest absolute Gasteiger partial charge is 0.288 e. The molecule has 1 heterocycles. The number of benzene rings is 2. The van der Waals surface area contributed by atoms with Crippen molar-refractivity contribution >= 4 is 35.2 Å². The number of thiol groups is 1. The van der Waals surface area contributed by atoms with Gasteiger partial charge >= 0.3 is 0 Å². The van der Waals surface area contributed by atoms with Crippen molar-refractivity contribution in [3.8, 4) is 0 Å². The number of carbonyl (C=O) groups is 2. The fourth-order valence-corrected chi connectivity index (χ4v) is 2.27. The smallest absolute Gasteiger partial charge is 0.258 e. The van der Waals surface area contributed by atoms with Crippen molar-refractivity contribution in [2.45, 2.75) is 4.90 Å². The van der Waals surface area contributed by atoms with Crippen LogP contribution in [0.25, 0.3) is 10.8 Å². The summed E-state index contributed by atoms with van der Waals surface area (Å²) in [6.07, 6.45) is 0. The molecule has 0 radical (unpaired) electrons. The maximum Gasteiger partial charge on any atom is 0.258 e. The molecule has 0 spiro atoms. The molecule has 1 aliphatic rings. The van der Waals surface area contributed by atoms with Crippen LogP contribution in [-0.4, -0.2) is 11.8 Å². The van der Waals surface area contributed by atoms with Crippen LogP contribution in [0.3, 0.4) is 0 Å². The molecule has 1 N–H and O–H groups in total. The van der Waals surface area contributed by atoms with Gasteiger partial charge in [0.1, 0.15) is 0 Å². The number of amides is 2. The number of rotatable bonds is 0. The van der Waals surface area contributed by atoms with Crippen molar-refractivity contribution in [1.29, 1.82) is 0 Å². The van der Waals surface area contributed by atoms with Crippen LogP contribution in [0.5, 0.6) is 0 Å². The van der Waals surface area contributed by atoms with Crippen LogP contribution < -0.4 is 5.32 Å². The summed E-state index contributed by atoms with van der Waals surface area (Å²) in [5.41, 5.74) is 1.06. The molecular formula is C12H7NO2S. The number of hydrogen-bond acceptors (Lipinski definition) is 3. The summed E-state index contributed by atoms with van der Waals surface area (Å²) < 4.78 is 0. The van der Waals surface area contributed by atoms with Gasteiger partial charge in [0, 0.05) is 21.4 Å². The zero-order chi connectivity index (χ0) is 11.3. The van der Waals surface area contributed by atoms with Gasteiger partial charge in [0.25, 0.3) is 11.8 Å². The minimum absolute atomic E-state index is 0.345. The number of nitrogens with one attached hydrogen (secondary N) is 1. The summed E-state index contributed by atoms with van der Waals surface area (Å²) in [5.74, 6) is -0.691. The van der Waals surface area contributed by atoms with Crippen LogP contribution in [0.1, 0.15) is 20.7 Å². The average Bonchev–Trinajstić information content (AvgIpc) is 2.27. The lowest BCUT2D eigenvalue weighted by molar-refractivity contribution is 0.0845. The van der Waals surface area contributed by atoms with Gasteiger partial charge in [0.15, 0.2) is 0 Å². The Bertz CT molecular complexity index is 629. The molecule has 0 atom stereocenters. The van der Waals surface area contributed by atoms with Gasteiger partial charge in [-0.25, -0.2) is 0 Å². The summed E-state index contributed by atoms with van der Waals surface area (Å²) in [7, 11) is 0. The molecule has 0 saturated carbocycles. The van der Waals surface area contributed by atoms with Gasteiger partial charge < -0.3 is 0 Å². The highest BCUT2D eigenvalue weighted by molar-refractivity contribution is 7.80. The van der Waals surface area contributed by atoms with Gasteiger partial charge in [-0.3, -0.25) is 14.9 Å². The van der Waals surface area contributed by atoms with Crippen molar-refractivity contribution in [2.75, 3.05) is 0 Å². The molecule has 78 valence electrons. The second-order valence-electron chi connectivity index (χ2n) is 3.64. The Hall–Kier alpha value is -1.81. The van der Waals surface area contributed by atoms with Crippen LogP contribution in [0.2, 0.25) is 0 Å². The highest BCUT2D eigenvalue weighted by atomic mass is 32.1. The topological polar surface area (TPSA) is 46.2 Å². The highest BCUT2D eigenvalue weighted by Crippen LogP contribution is 2.30. The summed E-state index contributed by atoms with van der Waals surface area (Å²) in [5, 5.41) is 3.84. The fraction of sp³-hybridized carbons (Fsp3) is 0. The molecule has 0 aromatic heterocycles. The predicted molar refractivity (Wildman–Crippen MR) is 63.0 cm³/mol. The molecule has 0 fully saturated rings. The highest BCUT2D eigenvalue weighted by Gasteiger charge is 2.24. The van der Waals surface area contributed by atoms with Gasteiger partial charge in [-0.05, 0) is 23.6 Å². The molecule has 3 nitrogen and oxygen atoms in total. The molecular weight excluding hydrogens is 222 g/mol. The lowest BCUT2D eigenvalue weighted by atomic mass is 9.95. The number of hydrogen-bond donors (Lipinski definition) is 2. The molecule has 0 bridgehead atoms. The Labute approximate surface area is 96.9 Å². The molecule has 0 unspecified atom stereocenters. The van der Waals surface area contributed by atoms with Crippen molar-refractivity contribution < 1.29 is 9.59 Å². The van der Waals surface area contributed by atoms with Gasteiger partial charge in [0.2, 0.25) is 0 Å². The first-order chi connectivity index (χ1) is 7.68. The van der Waals surface area contributed by atoms with Crippen molar-refractivity contribution in [3.05, 3.63) is 41.5 Å². The second kappa shape index (κ2) is 3.09. The Kier molecular flexibility index (Phi) is 1.82. The Morgan fingerprint density at radius 2 is 1.62 bits per heavy atom. The summed E-state index contributed by atoms with van der Waals surface area (Å²) in [4.78, 5) is 24.0. The quantitative estimate of drug-likeness (QED) is 0.536. The third-order valence-corrected chi connectivity index (χ3v) is 3.12. The zero-order valence-corrected chi connectivity index (χ0v) is 9.04. The first-order valence-corrected chi connectivity index (χ1v) is 5.23. The van der Waals surface area contributed by atoms with Gasteiger partial charge in [-0.15, -0.1) is 12.6 Å². The van der Waals surface area contributed by atoms with Gasteiger partial charge in [0.05, 0.1) is 0 Å². The van der Waals surface area contributed by atoms with E-state index in [2.05, 4.69) is 17.9 Å². The minimum atomic E-state index is -0.345. The summed E-state index contributed by atoms with van der Waals surface area (Å²) in [6, 6.07) is 8.81. The Morgan fingerprint density at radius 1 is 0.938 bits per heavy atom. The molecule has 0 saturated heterocycles. The second-order valence-corrected chi connectivity index (χ2v) is 4.13. The first kappa shape index (κ1) is 9.42. The van der Waals surface area contributed by atoms with Crippen LogP contribution in [-0.2, 0) is 0 Å². The predicted octanol–water partition coefficient (Wildman–Crippen LogP) is 2.01. The molecule has 2 aromatic rings. The van der Waals surface area contributed by atoms with E-state index in [1.807, 2.05) is 6.07 Å². The average molecular weight is 229 g/mol. The minimum Gasteiger partial charge on any atom is -0.288 e. The molecule has 3 rings (SSSR count). The molecule has 16 heavy (non-hydrogen) atoms. The van der Waals surface area contributed by atoms with E-state index in [1.165, 1.54) is 0 Å². The van der Waals surface area contributed by atoms with Crippen LogP contribution in [0.15, 0.2) is 35.2 Å². The molecule has 0 aliphatic carbocycles. The lowest BCUT2D eigenvalue weighted by Gasteiger charge is -2.16. The standard InChI is InChI=1S/C12H7NO2S/c14-11-7-3-1-2-6-9(16)5-4-8(10(6)7)12(15)13-11/h1-5,16H,(H,13,14,15). The fourth-order valence-electron chi connectivity index (χ4n) is 2.01. The lowest BCUT2D eigenvalue weighted by Crippen LogP contribution is -2.34. The van der Waals surface area contributed by atoms with E-state index in [9.17, 15) is 9.59 Å². The zero-order valence-electron chi connectivity index (χ0n) is 8.15. The Balaban J connectivity index is 2.57. The van der Waals surface area contributed by atoms with Crippen LogP contribution in [0.4, 0.5) is 0 Å². The third-order valence-electron chi connectivity index (χ3n) is 2.73. The van der Waals surface area contributed by atoms with Crippen molar-refractivity contribution in [3.63, 3.8) is 0 Å². The van der Waals surface area contributed by atoms with Crippen molar-refractivity contribution in [1.82, 2.24) is 5.32 Å². The van der Waals surface area contributed by atoms with E-state index in [0.717, 1.165) is 10.3 Å². The van der Waals surface area contributed by atoms with E-state index in [4.69, 9.17) is 0 Å². The van der Waals surface area contributed by atoms with Gasteiger partial charge in [-0.1, -0.05) is 12.1 Å². The number of carbonyl (C=O) groups excluding carboxylic acids is 2. The SMILES string of the molecule is O=C1NC(=O)c2ccc(S)c3cccc1c23. The van der Waals surface area contributed by atoms with Gasteiger partial charge in [-0.2, -0.15) is 0 Å². The Morgan fingerprint density at radius 3 is 2.38 bits per heavy atom. The maximum atomic E-state index is 11.6. The van der Waals surface area contributed by atoms with E-state index in [1.54, 1.807) is 24.3 Å². The molecule has 4 heteroatoms. The normalized spacial score (nSPS) is 14.1. The van der Waals surface area contributed by atoms with Crippen LogP contribution in [0, 0.1) is 0 Å².